The molecule has 0 radical (unpaired) electrons. The van der Waals surface area contributed by atoms with Gasteiger partial charge in [-0.15, -0.1) is 0 Å². The van der Waals surface area contributed by atoms with Crippen LogP contribution >= 0.6 is 11.6 Å². The van der Waals surface area contributed by atoms with E-state index in [9.17, 15) is 5.11 Å². The van der Waals surface area contributed by atoms with Crippen LogP contribution in [-0.4, -0.2) is 49.3 Å². The van der Waals surface area contributed by atoms with Crippen LogP contribution in [0, 0.1) is 13.8 Å². The van der Waals surface area contributed by atoms with Crippen LogP contribution in [0.3, 0.4) is 0 Å². The summed E-state index contributed by atoms with van der Waals surface area (Å²) in [7, 11) is 2.06. The fourth-order valence-corrected chi connectivity index (χ4v) is 3.10. The molecule has 3 nitrogen and oxygen atoms in total. The second-order valence-corrected chi connectivity index (χ2v) is 5.58. The molecule has 4 heteroatoms. The fourth-order valence-electron chi connectivity index (χ4n) is 2.65. The molecule has 2 rings (SSSR count). The Bertz CT molecular complexity index is 413. The number of aryl methyl sites for hydroxylation is 2. The third-order valence-electron chi connectivity index (χ3n) is 3.70. The summed E-state index contributed by atoms with van der Waals surface area (Å²) < 4.78 is 0. The molecule has 1 saturated heterocycles. The number of aliphatic hydroxyl groups excluding tert-OH is 1. The van der Waals surface area contributed by atoms with E-state index in [0.717, 1.165) is 30.3 Å². The normalized spacial score (nSPS) is 21.4. The second-order valence-electron chi connectivity index (χ2n) is 5.18. The van der Waals surface area contributed by atoms with E-state index >= 15 is 0 Å². The molecule has 0 aromatic heterocycles. The topological polar surface area (TPSA) is 26.7 Å². The first kappa shape index (κ1) is 13.7. The van der Waals surface area contributed by atoms with Gasteiger partial charge in [0, 0.05) is 19.6 Å². The van der Waals surface area contributed by atoms with Crippen LogP contribution in [0.15, 0.2) is 12.1 Å². The van der Waals surface area contributed by atoms with Crippen LogP contribution in [0.5, 0.6) is 0 Å². The number of hydrogen-bond acceptors (Lipinski definition) is 3. The Labute approximate surface area is 114 Å². The molecular weight excluding hydrogens is 248 g/mol. The zero-order valence-electron chi connectivity index (χ0n) is 11.3. The molecule has 0 spiro atoms. The molecule has 18 heavy (non-hydrogen) atoms. The third-order valence-corrected chi connectivity index (χ3v) is 3.99. The molecule has 1 aromatic rings. The first-order valence-electron chi connectivity index (χ1n) is 6.35. The zero-order chi connectivity index (χ0) is 13.3. The lowest BCUT2D eigenvalue weighted by atomic mass is 10.1. The lowest BCUT2D eigenvalue weighted by Gasteiger charge is -2.40. The molecule has 0 saturated carbocycles. The van der Waals surface area contributed by atoms with Crippen LogP contribution in [0.1, 0.15) is 11.1 Å². The number of halogens is 1. The Balaban J connectivity index is 2.27. The van der Waals surface area contributed by atoms with Gasteiger partial charge in [0.05, 0.1) is 23.4 Å². The van der Waals surface area contributed by atoms with Crippen LogP contribution < -0.4 is 4.90 Å². The van der Waals surface area contributed by atoms with Gasteiger partial charge >= 0.3 is 0 Å². The number of likely N-dealkylation sites (N-methyl/N-ethyl adjacent to an activating group) is 1. The molecular formula is C14H21ClN2O. The van der Waals surface area contributed by atoms with Gasteiger partial charge in [0.2, 0.25) is 0 Å². The number of aliphatic hydroxyl groups is 1. The van der Waals surface area contributed by atoms with E-state index in [2.05, 4.69) is 36.8 Å². The van der Waals surface area contributed by atoms with E-state index in [1.807, 2.05) is 6.07 Å². The SMILES string of the molecule is Cc1cc(C)c(N2CCN(C)C(CO)C2)c(Cl)c1. The van der Waals surface area contributed by atoms with E-state index in [4.69, 9.17) is 11.6 Å². The van der Waals surface area contributed by atoms with Gasteiger partial charge < -0.3 is 10.0 Å². The molecule has 1 atom stereocenters. The summed E-state index contributed by atoms with van der Waals surface area (Å²) >= 11 is 6.38. The van der Waals surface area contributed by atoms with Crippen molar-refractivity contribution < 1.29 is 5.11 Å². The van der Waals surface area contributed by atoms with Crippen molar-refractivity contribution in [2.75, 3.05) is 38.2 Å². The second kappa shape index (κ2) is 5.47. The molecule has 1 heterocycles. The maximum atomic E-state index is 9.41. The average Bonchev–Trinajstić information content (AvgIpc) is 2.30. The minimum atomic E-state index is 0.190. The minimum Gasteiger partial charge on any atom is -0.395 e. The van der Waals surface area contributed by atoms with Crippen molar-refractivity contribution in [1.29, 1.82) is 0 Å². The van der Waals surface area contributed by atoms with Crippen LogP contribution in [0.2, 0.25) is 5.02 Å². The Kier molecular flexibility index (Phi) is 4.15. The zero-order valence-corrected chi connectivity index (χ0v) is 12.0. The molecule has 1 N–H and O–H groups in total. The Hall–Kier alpha value is -0.770. The van der Waals surface area contributed by atoms with Crippen LogP contribution in [0.25, 0.3) is 0 Å². The highest BCUT2D eigenvalue weighted by molar-refractivity contribution is 6.33. The van der Waals surface area contributed by atoms with Gasteiger partial charge in [-0.25, -0.2) is 0 Å². The number of piperazine rings is 1. The number of anilines is 1. The van der Waals surface area contributed by atoms with E-state index in [1.54, 1.807) is 0 Å². The van der Waals surface area contributed by atoms with Crippen LogP contribution in [0.4, 0.5) is 5.69 Å². The first-order valence-corrected chi connectivity index (χ1v) is 6.73. The van der Waals surface area contributed by atoms with E-state index < -0.39 is 0 Å². The highest BCUT2D eigenvalue weighted by Crippen LogP contribution is 2.32. The number of benzene rings is 1. The van der Waals surface area contributed by atoms with Crippen molar-refractivity contribution in [3.8, 4) is 0 Å². The van der Waals surface area contributed by atoms with Crippen molar-refractivity contribution in [3.05, 3.63) is 28.3 Å². The Morgan fingerprint density at radius 2 is 2.06 bits per heavy atom. The number of rotatable bonds is 2. The van der Waals surface area contributed by atoms with Gasteiger partial charge in [0.15, 0.2) is 0 Å². The summed E-state index contributed by atoms with van der Waals surface area (Å²) in [5.74, 6) is 0. The summed E-state index contributed by atoms with van der Waals surface area (Å²) in [5.41, 5.74) is 3.52. The van der Waals surface area contributed by atoms with Gasteiger partial charge in [0.25, 0.3) is 0 Å². The van der Waals surface area contributed by atoms with Gasteiger partial charge in [-0.2, -0.15) is 0 Å². The summed E-state index contributed by atoms with van der Waals surface area (Å²) in [6.07, 6.45) is 0. The lowest BCUT2D eigenvalue weighted by molar-refractivity contribution is 0.135. The molecule has 1 fully saturated rings. The summed E-state index contributed by atoms with van der Waals surface area (Å²) in [6, 6.07) is 4.36. The van der Waals surface area contributed by atoms with E-state index in [0.29, 0.717) is 0 Å². The monoisotopic (exact) mass is 268 g/mol. The van der Waals surface area contributed by atoms with Gasteiger partial charge in [-0.1, -0.05) is 17.7 Å². The summed E-state index contributed by atoms with van der Waals surface area (Å²) in [6.45, 7) is 7.08. The third kappa shape index (κ3) is 2.63. The maximum absolute atomic E-state index is 9.41. The highest BCUT2D eigenvalue weighted by atomic mass is 35.5. The molecule has 0 amide bonds. The molecule has 1 aromatic carbocycles. The van der Waals surface area contributed by atoms with Crippen molar-refractivity contribution in [2.45, 2.75) is 19.9 Å². The molecule has 0 bridgehead atoms. The van der Waals surface area contributed by atoms with Gasteiger partial charge in [-0.05, 0) is 38.1 Å². The van der Waals surface area contributed by atoms with E-state index in [1.165, 1.54) is 11.1 Å². The predicted molar refractivity (Wildman–Crippen MR) is 76.6 cm³/mol. The maximum Gasteiger partial charge on any atom is 0.0644 e. The highest BCUT2D eigenvalue weighted by Gasteiger charge is 2.25. The summed E-state index contributed by atoms with van der Waals surface area (Å²) in [5, 5.41) is 10.2. The fraction of sp³-hybridized carbons (Fsp3) is 0.571. The molecule has 100 valence electrons. The quantitative estimate of drug-likeness (QED) is 0.890. The molecule has 1 unspecified atom stereocenters. The summed E-state index contributed by atoms with van der Waals surface area (Å²) in [4.78, 5) is 4.49. The Morgan fingerprint density at radius 1 is 1.33 bits per heavy atom. The molecule has 0 aliphatic carbocycles. The van der Waals surface area contributed by atoms with Gasteiger partial charge in [-0.3, -0.25) is 4.90 Å². The number of hydrogen-bond donors (Lipinski definition) is 1. The predicted octanol–water partition coefficient (Wildman–Crippen LogP) is 2.07. The Morgan fingerprint density at radius 3 is 2.67 bits per heavy atom. The molecule has 1 aliphatic heterocycles. The van der Waals surface area contributed by atoms with Crippen molar-refractivity contribution in [2.24, 2.45) is 0 Å². The largest absolute Gasteiger partial charge is 0.395 e. The van der Waals surface area contributed by atoms with Crippen molar-refractivity contribution >= 4 is 17.3 Å². The first-order chi connectivity index (χ1) is 8.52. The minimum absolute atomic E-state index is 0.190. The number of nitrogens with zero attached hydrogens (tertiary/aromatic N) is 2. The smallest absolute Gasteiger partial charge is 0.0644 e. The van der Waals surface area contributed by atoms with E-state index in [-0.39, 0.29) is 12.6 Å². The molecule has 1 aliphatic rings. The lowest BCUT2D eigenvalue weighted by Crippen LogP contribution is -2.53. The standard InChI is InChI=1S/C14H21ClN2O/c1-10-6-11(2)14(13(15)7-10)17-5-4-16(3)12(8-17)9-18/h6-7,12,18H,4-5,8-9H2,1-3H3. The average molecular weight is 269 g/mol. The van der Waals surface area contributed by atoms with Gasteiger partial charge in [0.1, 0.15) is 0 Å². The van der Waals surface area contributed by atoms with Crippen LogP contribution in [-0.2, 0) is 0 Å². The van der Waals surface area contributed by atoms with Crippen molar-refractivity contribution in [1.82, 2.24) is 4.90 Å². The van der Waals surface area contributed by atoms with Crippen molar-refractivity contribution in [3.63, 3.8) is 0 Å².